The molecular weight excluding hydrogens is 538 g/mol. The number of halogens is 2. The molecule has 0 radical (unpaired) electrons. The zero-order valence-corrected chi connectivity index (χ0v) is 22.5. The van der Waals surface area contributed by atoms with Gasteiger partial charge in [-0.3, -0.25) is 9.36 Å². The van der Waals surface area contributed by atoms with Gasteiger partial charge in [-0.1, -0.05) is 12.1 Å². The van der Waals surface area contributed by atoms with E-state index in [-0.39, 0.29) is 36.2 Å². The first-order valence-corrected chi connectivity index (χ1v) is 13.7. The number of aryl methyl sites for hydroxylation is 1. The van der Waals surface area contributed by atoms with Gasteiger partial charge in [-0.05, 0) is 37.8 Å². The standard InChI is InChI=1S/C27H30F2N8O4/c1-16-34-35-23(40-16)15-30-26(38)17-6-8-18(9-7-17)41-22-14-21(32-27(33-22)36-10-12-39-13-11-36)37-20-5-3-2-4-19(20)31-25(37)24(28)29/h2-5,14,17-18,24H,6-13,15H2,1H3,(H,30,38). The van der Waals surface area contributed by atoms with Gasteiger partial charge in [0.15, 0.2) is 5.82 Å². The fourth-order valence-electron chi connectivity index (χ4n) is 5.24. The number of aromatic nitrogens is 6. The van der Waals surface area contributed by atoms with Crippen LogP contribution in [-0.2, 0) is 16.1 Å². The molecule has 0 bridgehead atoms. The van der Waals surface area contributed by atoms with E-state index < -0.39 is 12.2 Å². The van der Waals surface area contributed by atoms with Gasteiger partial charge in [-0.15, -0.1) is 10.2 Å². The van der Waals surface area contributed by atoms with Crippen molar-refractivity contribution in [3.8, 4) is 11.7 Å². The predicted octanol–water partition coefficient (Wildman–Crippen LogP) is 3.54. The molecule has 4 aromatic rings. The Bertz CT molecular complexity index is 1510. The molecule has 1 aliphatic heterocycles. The van der Waals surface area contributed by atoms with Gasteiger partial charge < -0.3 is 24.1 Å². The van der Waals surface area contributed by atoms with Crippen LogP contribution < -0.4 is 15.0 Å². The number of fused-ring (bicyclic) bond motifs is 1. The van der Waals surface area contributed by atoms with E-state index >= 15 is 0 Å². The van der Waals surface area contributed by atoms with E-state index in [1.165, 1.54) is 4.57 Å². The number of anilines is 1. The number of para-hydroxylation sites is 2. The number of morpholine rings is 1. The molecule has 41 heavy (non-hydrogen) atoms. The van der Waals surface area contributed by atoms with Gasteiger partial charge in [-0.2, -0.15) is 9.97 Å². The Morgan fingerprint density at radius 1 is 1.10 bits per heavy atom. The molecule has 1 aliphatic carbocycles. The minimum Gasteiger partial charge on any atom is -0.474 e. The summed E-state index contributed by atoms with van der Waals surface area (Å²) < 4.78 is 46.7. The van der Waals surface area contributed by atoms with Crippen LogP contribution in [0.2, 0.25) is 0 Å². The number of ether oxygens (including phenoxy) is 2. The highest BCUT2D eigenvalue weighted by atomic mass is 19.3. The average molecular weight is 569 g/mol. The summed E-state index contributed by atoms with van der Waals surface area (Å²) in [6.45, 7) is 4.04. The number of benzene rings is 1. The van der Waals surface area contributed by atoms with E-state index in [1.807, 2.05) is 4.90 Å². The van der Waals surface area contributed by atoms with Crippen LogP contribution in [0.25, 0.3) is 16.9 Å². The first-order chi connectivity index (χ1) is 19.9. The smallest absolute Gasteiger partial charge is 0.296 e. The van der Waals surface area contributed by atoms with Crippen LogP contribution in [0.4, 0.5) is 14.7 Å². The Morgan fingerprint density at radius 3 is 2.61 bits per heavy atom. The molecule has 0 atom stereocenters. The number of hydrogen-bond donors (Lipinski definition) is 1. The first kappa shape index (κ1) is 27.0. The summed E-state index contributed by atoms with van der Waals surface area (Å²) in [6.07, 6.45) is -0.448. The molecule has 1 N–H and O–H groups in total. The van der Waals surface area contributed by atoms with E-state index in [0.717, 1.165) is 0 Å². The third-order valence-electron chi connectivity index (χ3n) is 7.30. The minimum absolute atomic E-state index is 0.0651. The largest absolute Gasteiger partial charge is 0.474 e. The Hall–Kier alpha value is -4.20. The Morgan fingerprint density at radius 2 is 1.88 bits per heavy atom. The lowest BCUT2D eigenvalue weighted by atomic mass is 9.87. The van der Waals surface area contributed by atoms with Gasteiger partial charge in [0.1, 0.15) is 11.9 Å². The van der Waals surface area contributed by atoms with Crippen LogP contribution in [-0.4, -0.2) is 68.0 Å². The number of alkyl halides is 2. The fourth-order valence-corrected chi connectivity index (χ4v) is 5.24. The quantitative estimate of drug-likeness (QED) is 0.336. The van der Waals surface area contributed by atoms with E-state index in [4.69, 9.17) is 13.9 Å². The summed E-state index contributed by atoms with van der Waals surface area (Å²) in [6, 6.07) is 8.53. The summed E-state index contributed by atoms with van der Waals surface area (Å²) in [4.78, 5) is 28.1. The van der Waals surface area contributed by atoms with Crippen molar-refractivity contribution in [3.05, 3.63) is 47.9 Å². The van der Waals surface area contributed by atoms with Crippen LogP contribution in [0.5, 0.6) is 5.88 Å². The molecular formula is C27H30F2N8O4. The topological polar surface area (TPSA) is 133 Å². The number of amides is 1. The number of nitrogens with zero attached hydrogens (tertiary/aromatic N) is 7. The van der Waals surface area contributed by atoms with E-state index in [0.29, 0.717) is 80.7 Å². The number of hydrogen-bond acceptors (Lipinski definition) is 10. The van der Waals surface area contributed by atoms with E-state index in [1.54, 1.807) is 37.3 Å². The summed E-state index contributed by atoms with van der Waals surface area (Å²) in [5.41, 5.74) is 0.963. The van der Waals surface area contributed by atoms with Gasteiger partial charge in [0, 0.05) is 32.0 Å². The molecule has 216 valence electrons. The van der Waals surface area contributed by atoms with Gasteiger partial charge >= 0.3 is 0 Å². The molecule has 0 unspecified atom stereocenters. The van der Waals surface area contributed by atoms with Crippen LogP contribution in [0.15, 0.2) is 34.7 Å². The lowest BCUT2D eigenvalue weighted by Crippen LogP contribution is -2.37. The summed E-state index contributed by atoms with van der Waals surface area (Å²) >= 11 is 0. The van der Waals surface area contributed by atoms with Crippen LogP contribution in [0, 0.1) is 12.8 Å². The SMILES string of the molecule is Cc1nnc(CNC(=O)C2CCC(Oc3cc(-n4c(C(F)F)nc5ccccc54)nc(N4CCOCC4)n3)CC2)o1. The normalized spacial score (nSPS) is 19.6. The highest BCUT2D eigenvalue weighted by molar-refractivity contribution is 5.79. The molecule has 12 nitrogen and oxygen atoms in total. The Kier molecular flexibility index (Phi) is 7.72. The molecule has 1 saturated carbocycles. The third-order valence-corrected chi connectivity index (χ3v) is 7.30. The van der Waals surface area contributed by atoms with Gasteiger partial charge in [0.05, 0.1) is 30.8 Å². The maximum absolute atomic E-state index is 14.1. The van der Waals surface area contributed by atoms with Crippen molar-refractivity contribution in [1.82, 2.24) is 35.0 Å². The summed E-state index contributed by atoms with van der Waals surface area (Å²) in [5, 5.41) is 10.5. The zero-order valence-electron chi connectivity index (χ0n) is 22.5. The minimum atomic E-state index is -2.81. The van der Waals surface area contributed by atoms with Crippen LogP contribution >= 0.6 is 0 Å². The molecule has 4 heterocycles. The van der Waals surface area contributed by atoms with Crippen molar-refractivity contribution in [2.24, 2.45) is 5.92 Å². The number of rotatable bonds is 8. The number of carbonyl (C=O) groups is 1. The van der Waals surface area contributed by atoms with Crippen molar-refractivity contribution in [3.63, 3.8) is 0 Å². The second kappa shape index (κ2) is 11.7. The van der Waals surface area contributed by atoms with Gasteiger partial charge in [0.25, 0.3) is 6.43 Å². The lowest BCUT2D eigenvalue weighted by molar-refractivity contribution is -0.126. The predicted molar refractivity (Wildman–Crippen MR) is 142 cm³/mol. The van der Waals surface area contributed by atoms with Gasteiger partial charge in [0.2, 0.25) is 29.5 Å². The van der Waals surface area contributed by atoms with Gasteiger partial charge in [-0.25, -0.2) is 13.8 Å². The molecule has 1 amide bonds. The molecule has 1 aromatic carbocycles. The third kappa shape index (κ3) is 5.97. The van der Waals surface area contributed by atoms with Crippen LogP contribution in [0.1, 0.15) is 49.7 Å². The van der Waals surface area contributed by atoms with Crippen molar-refractivity contribution in [1.29, 1.82) is 0 Å². The molecule has 0 spiro atoms. The van der Waals surface area contributed by atoms with Crippen molar-refractivity contribution in [2.45, 2.75) is 51.7 Å². The molecule has 6 rings (SSSR count). The number of imidazole rings is 1. The summed E-state index contributed by atoms with van der Waals surface area (Å²) in [7, 11) is 0. The second-order valence-corrected chi connectivity index (χ2v) is 10.1. The van der Waals surface area contributed by atoms with Crippen molar-refractivity contribution >= 4 is 22.9 Å². The molecule has 2 fully saturated rings. The molecule has 1 saturated heterocycles. The lowest BCUT2D eigenvalue weighted by Gasteiger charge is -2.29. The maximum Gasteiger partial charge on any atom is 0.296 e. The van der Waals surface area contributed by atoms with Crippen molar-refractivity contribution in [2.75, 3.05) is 31.2 Å². The summed E-state index contributed by atoms with van der Waals surface area (Å²) in [5.74, 6) is 1.11. The highest BCUT2D eigenvalue weighted by Gasteiger charge is 2.29. The van der Waals surface area contributed by atoms with Crippen molar-refractivity contribution < 1.29 is 27.5 Å². The average Bonchev–Trinajstić information content (AvgIpc) is 3.60. The molecule has 14 heteroatoms. The Balaban J connectivity index is 1.21. The number of carbonyl (C=O) groups excluding carboxylic acids is 1. The Labute approximate surface area is 234 Å². The second-order valence-electron chi connectivity index (χ2n) is 10.1. The molecule has 2 aliphatic rings. The van der Waals surface area contributed by atoms with E-state index in [9.17, 15) is 13.6 Å². The zero-order chi connectivity index (χ0) is 28.3. The molecule has 3 aromatic heterocycles. The van der Waals surface area contributed by atoms with E-state index in [2.05, 4.69) is 30.5 Å². The van der Waals surface area contributed by atoms with Crippen LogP contribution in [0.3, 0.4) is 0 Å². The first-order valence-electron chi connectivity index (χ1n) is 13.7. The highest BCUT2D eigenvalue weighted by Crippen LogP contribution is 2.32. The maximum atomic E-state index is 14.1. The fraction of sp³-hybridized carbons (Fsp3) is 0.481. The monoisotopic (exact) mass is 568 g/mol. The number of nitrogens with one attached hydrogen (secondary N) is 1.